The van der Waals surface area contributed by atoms with E-state index in [0.29, 0.717) is 12.3 Å². The van der Waals surface area contributed by atoms with Crippen molar-refractivity contribution in [3.63, 3.8) is 0 Å². The van der Waals surface area contributed by atoms with Gasteiger partial charge in [-0.15, -0.1) is 0 Å². The standard InChI is InChI=1S/C6H11/c1-4-5-6(2)3/h6H,4-5H2,2-3H3. The first-order valence-electron chi connectivity index (χ1n) is 2.42. The van der Waals surface area contributed by atoms with Gasteiger partial charge in [0.1, 0.15) is 0 Å². The topological polar surface area (TPSA) is 0 Å². The van der Waals surface area contributed by atoms with Gasteiger partial charge in [-0.2, -0.15) is 0 Å². The highest BCUT2D eigenvalue weighted by Gasteiger charge is 1.86. The Bertz CT molecular complexity index is 21.2. The van der Waals surface area contributed by atoms with Crippen molar-refractivity contribution in [2.45, 2.75) is 26.7 Å². The monoisotopic (exact) mass is 83.1 g/mol. The van der Waals surface area contributed by atoms with Crippen molar-refractivity contribution >= 4 is 0 Å². The van der Waals surface area contributed by atoms with Gasteiger partial charge in [0.15, 0.2) is 0 Å². The minimum absolute atomic E-state index is 0.581. The molecule has 0 aromatic rings. The summed E-state index contributed by atoms with van der Waals surface area (Å²) < 4.78 is 0. The van der Waals surface area contributed by atoms with Crippen LogP contribution in [0.5, 0.6) is 0 Å². The molecule has 3 radical (unpaired) electrons. The van der Waals surface area contributed by atoms with E-state index in [4.69, 9.17) is 6.92 Å². The van der Waals surface area contributed by atoms with Gasteiger partial charge in [0.2, 0.25) is 0 Å². The van der Waals surface area contributed by atoms with E-state index in [1.54, 1.807) is 0 Å². The summed E-state index contributed by atoms with van der Waals surface area (Å²) in [6, 6.07) is 0. The predicted octanol–water partition coefficient (Wildman–Crippen LogP) is 2.01. The van der Waals surface area contributed by atoms with Gasteiger partial charge in [-0.3, -0.25) is 0 Å². The number of rotatable bonds is 2. The molecule has 0 amide bonds. The maximum atomic E-state index is 6.73. The summed E-state index contributed by atoms with van der Waals surface area (Å²) in [5.74, 6) is 0.711. The SMILES string of the molecule is [C]CCC(C)C. The van der Waals surface area contributed by atoms with Crippen molar-refractivity contribution in [1.82, 2.24) is 0 Å². The predicted molar refractivity (Wildman–Crippen MR) is 27.3 cm³/mol. The second-order valence-electron chi connectivity index (χ2n) is 1.93. The van der Waals surface area contributed by atoms with E-state index >= 15 is 0 Å². The molecule has 6 heavy (non-hydrogen) atoms. The third-order valence-electron chi connectivity index (χ3n) is 0.722. The van der Waals surface area contributed by atoms with Crippen molar-refractivity contribution < 1.29 is 0 Å². The molecule has 0 atom stereocenters. The van der Waals surface area contributed by atoms with Gasteiger partial charge in [0.05, 0.1) is 0 Å². The van der Waals surface area contributed by atoms with E-state index in [2.05, 4.69) is 13.8 Å². The van der Waals surface area contributed by atoms with Crippen molar-refractivity contribution in [3.8, 4) is 0 Å². The van der Waals surface area contributed by atoms with E-state index in [1.165, 1.54) is 0 Å². The lowest BCUT2D eigenvalue weighted by atomic mass is 10.1. The molecule has 0 N–H and O–H groups in total. The molecule has 0 rings (SSSR count). The summed E-state index contributed by atoms with van der Waals surface area (Å²) >= 11 is 0. The molecule has 0 aromatic heterocycles. The highest BCUT2D eigenvalue weighted by molar-refractivity contribution is 4.44. The Morgan fingerprint density at radius 1 is 1.50 bits per heavy atom. The Kier molecular flexibility index (Phi) is 3.20. The second-order valence-corrected chi connectivity index (χ2v) is 1.93. The Hall–Kier alpha value is 0. The molecule has 0 aromatic carbocycles. The molecule has 0 spiro atoms. The van der Waals surface area contributed by atoms with Crippen LogP contribution in [0, 0.1) is 12.8 Å². The molecule has 0 aliphatic carbocycles. The van der Waals surface area contributed by atoms with Crippen LogP contribution in [-0.2, 0) is 0 Å². The molecule has 0 heterocycles. The molecule has 0 bridgehead atoms. The van der Waals surface area contributed by atoms with E-state index in [0.717, 1.165) is 6.42 Å². The van der Waals surface area contributed by atoms with Crippen LogP contribution in [0.15, 0.2) is 0 Å². The fourth-order valence-electron chi connectivity index (χ4n) is 0.289. The quantitative estimate of drug-likeness (QED) is 0.479. The fraction of sp³-hybridized carbons (Fsp3) is 0.833. The van der Waals surface area contributed by atoms with Crippen LogP contribution in [-0.4, -0.2) is 0 Å². The molecule has 0 unspecified atom stereocenters. The van der Waals surface area contributed by atoms with Crippen molar-refractivity contribution in [2.24, 2.45) is 5.92 Å². The van der Waals surface area contributed by atoms with E-state index < -0.39 is 0 Å². The molecule has 0 aliphatic rings. The largest absolute Gasteiger partial charge is 0.0628 e. The maximum Gasteiger partial charge on any atom is -0.00935 e. The Morgan fingerprint density at radius 2 is 2.00 bits per heavy atom. The van der Waals surface area contributed by atoms with E-state index in [-0.39, 0.29) is 0 Å². The minimum Gasteiger partial charge on any atom is -0.0628 e. The van der Waals surface area contributed by atoms with Crippen LogP contribution in [0.1, 0.15) is 26.7 Å². The van der Waals surface area contributed by atoms with Crippen molar-refractivity contribution in [3.05, 3.63) is 6.92 Å². The average Bonchev–Trinajstić information content (AvgIpc) is 1.35. The first-order chi connectivity index (χ1) is 2.77. The highest BCUT2D eigenvalue weighted by atomic mass is 13.9. The number of hydrogen-bond donors (Lipinski definition) is 0. The third-order valence-corrected chi connectivity index (χ3v) is 0.722. The summed E-state index contributed by atoms with van der Waals surface area (Å²) in [5.41, 5.74) is 0. The van der Waals surface area contributed by atoms with E-state index in [1.807, 2.05) is 0 Å². The molecule has 0 heteroatoms. The normalized spacial score (nSPS) is 10.0. The summed E-state index contributed by atoms with van der Waals surface area (Å²) in [4.78, 5) is 0. The van der Waals surface area contributed by atoms with Crippen LogP contribution in [0.25, 0.3) is 0 Å². The van der Waals surface area contributed by atoms with Gasteiger partial charge in [-0.25, -0.2) is 0 Å². The van der Waals surface area contributed by atoms with Crippen LogP contribution in [0.2, 0.25) is 0 Å². The summed E-state index contributed by atoms with van der Waals surface area (Å²) in [7, 11) is 0. The molecule has 0 saturated heterocycles. The second kappa shape index (κ2) is 3.20. The molecule has 35 valence electrons. The average molecular weight is 83.2 g/mol. The van der Waals surface area contributed by atoms with Crippen molar-refractivity contribution in [2.75, 3.05) is 0 Å². The zero-order chi connectivity index (χ0) is 4.99. The van der Waals surface area contributed by atoms with Crippen LogP contribution in [0.3, 0.4) is 0 Å². The zero-order valence-corrected chi connectivity index (χ0v) is 4.49. The lowest BCUT2D eigenvalue weighted by molar-refractivity contribution is 0.593. The van der Waals surface area contributed by atoms with Gasteiger partial charge in [-0.05, 0) is 19.3 Å². The summed E-state index contributed by atoms with van der Waals surface area (Å²) in [6.07, 6.45) is 1.62. The Labute approximate surface area is 40.6 Å². The van der Waals surface area contributed by atoms with Gasteiger partial charge >= 0.3 is 0 Å². The Balaban J connectivity index is 2.63. The first-order valence-corrected chi connectivity index (χ1v) is 2.42. The van der Waals surface area contributed by atoms with Gasteiger partial charge < -0.3 is 0 Å². The Morgan fingerprint density at radius 3 is 2.00 bits per heavy atom. The van der Waals surface area contributed by atoms with Crippen molar-refractivity contribution in [1.29, 1.82) is 0 Å². The van der Waals surface area contributed by atoms with Crippen LogP contribution < -0.4 is 0 Å². The van der Waals surface area contributed by atoms with Gasteiger partial charge in [0, 0.05) is 0 Å². The van der Waals surface area contributed by atoms with E-state index in [9.17, 15) is 0 Å². The first kappa shape index (κ1) is 6.00. The third kappa shape index (κ3) is 4.00. The summed E-state index contributed by atoms with van der Waals surface area (Å²) in [6.45, 7) is 11.0. The van der Waals surface area contributed by atoms with Gasteiger partial charge in [-0.1, -0.05) is 20.3 Å². The highest BCUT2D eigenvalue weighted by Crippen LogP contribution is 2.00. The lowest BCUT2D eigenvalue weighted by Crippen LogP contribution is -1.81. The zero-order valence-electron chi connectivity index (χ0n) is 4.49. The molecular formula is C6H11. The molecule has 0 fully saturated rings. The smallest absolute Gasteiger partial charge is 0.00935 e. The molecule has 0 nitrogen and oxygen atoms in total. The minimum atomic E-state index is 0.581. The molecule has 0 saturated carbocycles. The van der Waals surface area contributed by atoms with Crippen LogP contribution >= 0.6 is 0 Å². The summed E-state index contributed by atoms with van der Waals surface area (Å²) in [5, 5.41) is 0. The fourth-order valence-corrected chi connectivity index (χ4v) is 0.289. The molecule has 0 aliphatic heterocycles. The van der Waals surface area contributed by atoms with Gasteiger partial charge in [0.25, 0.3) is 0 Å². The molecular weight excluding hydrogens is 72.1 g/mol. The number of hydrogen-bond acceptors (Lipinski definition) is 0. The van der Waals surface area contributed by atoms with Crippen LogP contribution in [0.4, 0.5) is 0 Å². The maximum absolute atomic E-state index is 6.73. The lowest BCUT2D eigenvalue weighted by Gasteiger charge is -1.95.